The van der Waals surface area contributed by atoms with Gasteiger partial charge in [-0.05, 0) is 18.6 Å². The van der Waals surface area contributed by atoms with Gasteiger partial charge in [0, 0.05) is 24.5 Å². The Balaban J connectivity index is 1.98. The van der Waals surface area contributed by atoms with Gasteiger partial charge in [-0.2, -0.15) is 8.42 Å². The number of halogens is 1. The van der Waals surface area contributed by atoms with Gasteiger partial charge in [-0.15, -0.1) is 0 Å². The number of benzene rings is 1. The van der Waals surface area contributed by atoms with Crippen molar-refractivity contribution in [1.29, 1.82) is 0 Å². The zero-order valence-corrected chi connectivity index (χ0v) is 15.8. The van der Waals surface area contributed by atoms with E-state index in [1.54, 1.807) is 4.90 Å². The van der Waals surface area contributed by atoms with E-state index >= 15 is 0 Å². The largest absolute Gasteiger partial charge is 0.504 e. The van der Waals surface area contributed by atoms with Crippen molar-refractivity contribution in [3.05, 3.63) is 17.2 Å². The van der Waals surface area contributed by atoms with Crippen LogP contribution in [-0.4, -0.2) is 67.1 Å². The molecule has 1 aromatic carbocycles. The van der Waals surface area contributed by atoms with E-state index < -0.39 is 32.7 Å². The fourth-order valence-corrected chi connectivity index (χ4v) is 3.42. The third kappa shape index (κ3) is 5.78. The van der Waals surface area contributed by atoms with E-state index in [1.165, 1.54) is 0 Å². The minimum atomic E-state index is -4.73. The van der Waals surface area contributed by atoms with Crippen LogP contribution in [0.4, 0.5) is 5.69 Å². The molecule has 1 aliphatic rings. The van der Waals surface area contributed by atoms with Gasteiger partial charge in [0.1, 0.15) is 4.90 Å². The van der Waals surface area contributed by atoms with Crippen molar-refractivity contribution in [2.45, 2.75) is 23.8 Å². The molecule has 1 aliphatic heterocycles. The number of nitrogens with one attached hydrogen (secondary N) is 1. The first kappa shape index (κ1) is 21.4. The molecule has 2 amide bonds. The average molecular weight is 422 g/mol. The Hall–Kier alpha value is -1.92. The number of phenolic OH excluding ortho intramolecular Hbond substituents is 1. The van der Waals surface area contributed by atoms with Gasteiger partial charge in [-0.1, -0.05) is 11.6 Å². The molecular weight excluding hydrogens is 402 g/mol. The van der Waals surface area contributed by atoms with Crippen LogP contribution >= 0.6 is 11.6 Å². The molecule has 0 aromatic heterocycles. The number of phenols is 1. The van der Waals surface area contributed by atoms with Crippen molar-refractivity contribution in [3.8, 4) is 5.75 Å². The van der Waals surface area contributed by atoms with E-state index in [-0.39, 0.29) is 29.5 Å². The monoisotopic (exact) mass is 421 g/mol. The molecule has 5 N–H and O–H groups in total. The van der Waals surface area contributed by atoms with Gasteiger partial charge in [-0.3, -0.25) is 14.1 Å². The molecule has 10 nitrogen and oxygen atoms in total. The van der Waals surface area contributed by atoms with Crippen molar-refractivity contribution in [1.82, 2.24) is 4.90 Å². The highest BCUT2D eigenvalue weighted by molar-refractivity contribution is 7.86. The van der Waals surface area contributed by atoms with Gasteiger partial charge in [-0.25, -0.2) is 0 Å². The molecule has 1 saturated heterocycles. The Morgan fingerprint density at radius 3 is 2.56 bits per heavy atom. The number of nitrogens with zero attached hydrogens (tertiary/aromatic N) is 1. The second-order valence-electron chi connectivity index (χ2n) is 5.91. The number of carbonyl (C=O) groups excluding carboxylic acids is 2. The van der Waals surface area contributed by atoms with Crippen molar-refractivity contribution in [2.75, 3.05) is 31.6 Å². The number of rotatable bonds is 6. The molecule has 12 heteroatoms. The summed E-state index contributed by atoms with van der Waals surface area (Å²) < 4.78 is 36.7. The average Bonchev–Trinajstić information content (AvgIpc) is 2.61. The maximum absolute atomic E-state index is 12.2. The lowest BCUT2D eigenvalue weighted by atomic mass is 10.1. The molecule has 1 heterocycles. The lowest BCUT2D eigenvalue weighted by Crippen LogP contribution is -2.48. The standard InChI is InChI=1S/C15H20ClN3O7S/c16-9-7-11(14(21)12(8-9)27(23,24)25)18-13(20)2-1-10(17)15(22)19-3-5-26-6-4-19/h7-8,10,21H,1-6,17H2,(H,18,20)(H,23,24,25)/t10-/m0/s1. The van der Waals surface area contributed by atoms with Gasteiger partial charge in [0.15, 0.2) is 5.75 Å². The minimum Gasteiger partial charge on any atom is -0.504 e. The first-order valence-electron chi connectivity index (χ1n) is 8.01. The highest BCUT2D eigenvalue weighted by Gasteiger charge is 2.24. The van der Waals surface area contributed by atoms with Crippen LogP contribution in [0.15, 0.2) is 17.0 Å². The van der Waals surface area contributed by atoms with Gasteiger partial charge >= 0.3 is 0 Å². The summed E-state index contributed by atoms with van der Waals surface area (Å²) in [4.78, 5) is 25.0. The van der Waals surface area contributed by atoms with Gasteiger partial charge < -0.3 is 25.8 Å². The second kappa shape index (κ2) is 8.85. The number of anilines is 1. The van der Waals surface area contributed by atoms with Crippen molar-refractivity contribution >= 4 is 39.2 Å². The van der Waals surface area contributed by atoms with Crippen molar-refractivity contribution in [3.63, 3.8) is 0 Å². The molecule has 0 unspecified atom stereocenters. The molecule has 1 aromatic rings. The number of hydrogen-bond donors (Lipinski definition) is 4. The van der Waals surface area contributed by atoms with Crippen LogP contribution < -0.4 is 11.1 Å². The van der Waals surface area contributed by atoms with E-state index in [9.17, 15) is 23.1 Å². The van der Waals surface area contributed by atoms with Crippen LogP contribution in [0.1, 0.15) is 12.8 Å². The molecule has 27 heavy (non-hydrogen) atoms. The summed E-state index contributed by atoms with van der Waals surface area (Å²) in [5.41, 5.74) is 5.55. The summed E-state index contributed by atoms with van der Waals surface area (Å²) >= 11 is 5.75. The number of morpholine rings is 1. The zero-order valence-electron chi connectivity index (χ0n) is 14.2. The highest BCUT2D eigenvalue weighted by atomic mass is 35.5. The van der Waals surface area contributed by atoms with Crippen LogP contribution in [-0.2, 0) is 24.4 Å². The number of ether oxygens (including phenoxy) is 1. The summed E-state index contributed by atoms with van der Waals surface area (Å²) in [7, 11) is -4.73. The topological polar surface area (TPSA) is 159 Å². The minimum absolute atomic E-state index is 0.0501. The Bertz CT molecular complexity index is 825. The number of carbonyl (C=O) groups is 2. The van der Waals surface area contributed by atoms with Gasteiger partial charge in [0.05, 0.1) is 24.9 Å². The lowest BCUT2D eigenvalue weighted by molar-refractivity contribution is -0.136. The maximum Gasteiger partial charge on any atom is 0.298 e. The number of amides is 2. The van der Waals surface area contributed by atoms with Gasteiger partial charge in [0.2, 0.25) is 11.8 Å². The third-order valence-corrected chi connectivity index (χ3v) is 5.00. The summed E-state index contributed by atoms with van der Waals surface area (Å²) in [6.07, 6.45) is -0.0983. The quantitative estimate of drug-likeness (QED) is 0.374. The Morgan fingerprint density at radius 2 is 1.96 bits per heavy atom. The fourth-order valence-electron chi connectivity index (χ4n) is 2.51. The number of nitrogens with two attached hydrogens (primary N) is 1. The molecule has 0 radical (unpaired) electrons. The van der Waals surface area contributed by atoms with Crippen molar-refractivity contribution < 1.29 is 32.4 Å². The smallest absolute Gasteiger partial charge is 0.298 e. The normalized spacial score (nSPS) is 16.0. The van der Waals surface area contributed by atoms with Crippen LogP contribution in [0.2, 0.25) is 5.02 Å². The van der Waals surface area contributed by atoms with E-state index in [4.69, 9.17) is 26.6 Å². The SMILES string of the molecule is N[C@@H](CCC(=O)Nc1cc(Cl)cc(S(=O)(=O)O)c1O)C(=O)N1CCOCC1. The Morgan fingerprint density at radius 1 is 1.33 bits per heavy atom. The van der Waals surface area contributed by atoms with Crippen LogP contribution in [0.5, 0.6) is 5.75 Å². The summed E-state index contributed by atoms with van der Waals surface area (Å²) in [6.45, 7) is 1.74. The predicted molar refractivity (Wildman–Crippen MR) is 96.2 cm³/mol. The zero-order chi connectivity index (χ0) is 20.2. The lowest BCUT2D eigenvalue weighted by Gasteiger charge is -2.29. The molecule has 2 rings (SSSR count). The van der Waals surface area contributed by atoms with E-state index in [1.807, 2.05) is 0 Å². The first-order chi connectivity index (χ1) is 12.6. The Kier molecular flexibility index (Phi) is 7.00. The molecular formula is C15H20ClN3O7S. The van der Waals surface area contributed by atoms with E-state index in [2.05, 4.69) is 5.32 Å². The fraction of sp³-hybridized carbons (Fsp3) is 0.467. The first-order valence-corrected chi connectivity index (χ1v) is 9.83. The van der Waals surface area contributed by atoms with E-state index in [0.29, 0.717) is 26.3 Å². The molecule has 0 saturated carbocycles. The van der Waals surface area contributed by atoms with Crippen LogP contribution in [0, 0.1) is 0 Å². The van der Waals surface area contributed by atoms with Crippen molar-refractivity contribution in [2.24, 2.45) is 5.73 Å². The van der Waals surface area contributed by atoms with Crippen LogP contribution in [0.3, 0.4) is 0 Å². The van der Waals surface area contributed by atoms with Gasteiger partial charge in [0.25, 0.3) is 10.1 Å². The molecule has 0 spiro atoms. The number of aromatic hydroxyl groups is 1. The molecule has 0 bridgehead atoms. The second-order valence-corrected chi connectivity index (χ2v) is 7.73. The molecule has 1 fully saturated rings. The van der Waals surface area contributed by atoms with E-state index in [0.717, 1.165) is 12.1 Å². The highest BCUT2D eigenvalue weighted by Crippen LogP contribution is 2.34. The Labute approximate surface area is 161 Å². The summed E-state index contributed by atoms with van der Waals surface area (Å²) in [5.74, 6) is -1.74. The number of hydrogen-bond acceptors (Lipinski definition) is 7. The third-order valence-electron chi connectivity index (χ3n) is 3.91. The van der Waals surface area contributed by atoms with Crippen LogP contribution in [0.25, 0.3) is 0 Å². The molecule has 1 atom stereocenters. The predicted octanol–water partition coefficient (Wildman–Crippen LogP) is 0.197. The molecule has 150 valence electrons. The summed E-state index contributed by atoms with van der Waals surface area (Å²) in [5, 5.41) is 12.1. The summed E-state index contributed by atoms with van der Waals surface area (Å²) in [6, 6.07) is 1.09. The molecule has 0 aliphatic carbocycles. The maximum atomic E-state index is 12.2.